The SMILES string of the molecule is CCS(=O)(=O)N(C)c1oc(-c2ccnc3ccccc23)c(O)c1OC(C)=O. The zero-order valence-electron chi connectivity index (χ0n) is 15.0. The van der Waals surface area contributed by atoms with E-state index in [1.165, 1.54) is 20.2 Å². The van der Waals surface area contributed by atoms with Crippen molar-refractivity contribution in [1.82, 2.24) is 4.98 Å². The van der Waals surface area contributed by atoms with Gasteiger partial charge in [0.25, 0.3) is 5.88 Å². The standard InChI is InChI=1S/C18H18N2O6S/c1-4-27(23,24)20(3)18-17(25-11(2)21)15(22)16(26-18)13-9-10-19-14-8-6-5-7-12(13)14/h5-10,22H,4H2,1-3H3. The molecule has 0 aliphatic rings. The van der Waals surface area contributed by atoms with E-state index >= 15 is 0 Å². The van der Waals surface area contributed by atoms with Crippen LogP contribution in [0.2, 0.25) is 0 Å². The average molecular weight is 390 g/mol. The van der Waals surface area contributed by atoms with Crippen molar-refractivity contribution in [3.05, 3.63) is 36.5 Å². The van der Waals surface area contributed by atoms with Gasteiger partial charge >= 0.3 is 5.97 Å². The highest BCUT2D eigenvalue weighted by atomic mass is 32.2. The van der Waals surface area contributed by atoms with Crippen molar-refractivity contribution in [3.63, 3.8) is 0 Å². The van der Waals surface area contributed by atoms with Gasteiger partial charge in [-0.3, -0.25) is 9.78 Å². The van der Waals surface area contributed by atoms with Gasteiger partial charge in [0.05, 0.1) is 11.3 Å². The van der Waals surface area contributed by atoms with E-state index in [0.29, 0.717) is 16.5 Å². The average Bonchev–Trinajstić information content (AvgIpc) is 2.96. The van der Waals surface area contributed by atoms with Crippen LogP contribution in [-0.4, -0.2) is 37.3 Å². The fourth-order valence-corrected chi connectivity index (χ4v) is 3.40. The Morgan fingerprint density at radius 2 is 2.00 bits per heavy atom. The van der Waals surface area contributed by atoms with E-state index in [4.69, 9.17) is 9.15 Å². The molecular weight excluding hydrogens is 372 g/mol. The molecule has 2 heterocycles. The first kappa shape index (κ1) is 18.7. The van der Waals surface area contributed by atoms with Crippen LogP contribution in [0.1, 0.15) is 13.8 Å². The van der Waals surface area contributed by atoms with Gasteiger partial charge in [-0.05, 0) is 19.1 Å². The minimum absolute atomic E-state index is 0.0157. The molecule has 0 saturated heterocycles. The van der Waals surface area contributed by atoms with E-state index in [2.05, 4.69) is 4.98 Å². The van der Waals surface area contributed by atoms with Crippen LogP contribution in [0.4, 0.5) is 5.88 Å². The summed E-state index contributed by atoms with van der Waals surface area (Å²) >= 11 is 0. The molecule has 0 fully saturated rings. The fraction of sp³-hybridized carbons (Fsp3) is 0.222. The molecule has 27 heavy (non-hydrogen) atoms. The van der Waals surface area contributed by atoms with Gasteiger partial charge in [0.2, 0.25) is 21.5 Å². The van der Waals surface area contributed by atoms with Gasteiger partial charge in [0.15, 0.2) is 5.76 Å². The summed E-state index contributed by atoms with van der Waals surface area (Å²) in [6.07, 6.45) is 1.54. The highest BCUT2D eigenvalue weighted by Gasteiger charge is 2.31. The summed E-state index contributed by atoms with van der Waals surface area (Å²) in [5, 5.41) is 11.3. The van der Waals surface area contributed by atoms with Crippen molar-refractivity contribution in [2.45, 2.75) is 13.8 Å². The van der Waals surface area contributed by atoms with Gasteiger partial charge in [0, 0.05) is 31.1 Å². The number of aromatic nitrogens is 1. The van der Waals surface area contributed by atoms with E-state index in [-0.39, 0.29) is 23.1 Å². The molecular formula is C18H18N2O6S. The summed E-state index contributed by atoms with van der Waals surface area (Å²) in [6.45, 7) is 2.61. The predicted molar refractivity (Wildman–Crippen MR) is 100 cm³/mol. The van der Waals surface area contributed by atoms with Gasteiger partial charge in [-0.15, -0.1) is 0 Å². The Kier molecular flexibility index (Phi) is 4.79. The molecule has 1 aromatic carbocycles. The molecule has 0 spiro atoms. The first-order chi connectivity index (χ1) is 12.8. The monoisotopic (exact) mass is 390 g/mol. The lowest BCUT2D eigenvalue weighted by Crippen LogP contribution is -2.28. The minimum Gasteiger partial charge on any atom is -0.502 e. The molecule has 142 valence electrons. The van der Waals surface area contributed by atoms with Crippen LogP contribution in [0.25, 0.3) is 22.2 Å². The van der Waals surface area contributed by atoms with Gasteiger partial charge in [-0.1, -0.05) is 18.2 Å². The number of rotatable bonds is 5. The molecule has 0 atom stereocenters. The van der Waals surface area contributed by atoms with Crippen molar-refractivity contribution < 1.29 is 27.5 Å². The van der Waals surface area contributed by atoms with Crippen LogP contribution in [0.15, 0.2) is 40.9 Å². The molecule has 8 nitrogen and oxygen atoms in total. The number of ether oxygens (including phenoxy) is 1. The maximum atomic E-state index is 12.2. The van der Waals surface area contributed by atoms with Crippen molar-refractivity contribution >= 4 is 32.8 Å². The number of furan rings is 1. The summed E-state index contributed by atoms with van der Waals surface area (Å²) in [7, 11) is -2.45. The van der Waals surface area contributed by atoms with E-state index in [1.807, 2.05) is 6.07 Å². The van der Waals surface area contributed by atoms with E-state index in [0.717, 1.165) is 11.2 Å². The first-order valence-electron chi connectivity index (χ1n) is 8.11. The first-order valence-corrected chi connectivity index (χ1v) is 9.72. The second-order valence-corrected chi connectivity index (χ2v) is 8.04. The zero-order chi connectivity index (χ0) is 19.8. The van der Waals surface area contributed by atoms with Gasteiger partial charge in [0.1, 0.15) is 0 Å². The number of esters is 1. The number of nitrogens with zero attached hydrogens (tertiary/aromatic N) is 2. The maximum absolute atomic E-state index is 12.2. The Balaban J connectivity index is 2.27. The third kappa shape index (κ3) is 3.33. The maximum Gasteiger partial charge on any atom is 0.308 e. The number of carbonyl (C=O) groups is 1. The molecule has 0 radical (unpaired) electrons. The van der Waals surface area contributed by atoms with Gasteiger partial charge in [-0.25, -0.2) is 12.7 Å². The lowest BCUT2D eigenvalue weighted by molar-refractivity contribution is -0.132. The number of pyridine rings is 1. The summed E-state index contributed by atoms with van der Waals surface area (Å²) in [5.74, 6) is -2.02. The highest BCUT2D eigenvalue weighted by molar-refractivity contribution is 7.92. The molecule has 0 aliphatic carbocycles. The molecule has 0 amide bonds. The minimum atomic E-state index is -3.71. The highest BCUT2D eigenvalue weighted by Crippen LogP contribution is 2.49. The van der Waals surface area contributed by atoms with E-state index < -0.39 is 21.7 Å². The predicted octanol–water partition coefficient (Wildman–Crippen LogP) is 2.91. The van der Waals surface area contributed by atoms with Gasteiger partial charge in [-0.2, -0.15) is 0 Å². The third-order valence-electron chi connectivity index (χ3n) is 4.03. The Morgan fingerprint density at radius 1 is 1.30 bits per heavy atom. The molecule has 9 heteroatoms. The van der Waals surface area contributed by atoms with Crippen LogP contribution < -0.4 is 9.04 Å². The summed E-state index contributed by atoms with van der Waals surface area (Å²) in [6, 6.07) is 8.82. The lowest BCUT2D eigenvalue weighted by Gasteiger charge is -2.16. The number of para-hydroxylation sites is 1. The number of hydrogen-bond donors (Lipinski definition) is 1. The summed E-state index contributed by atoms with van der Waals surface area (Å²) in [5.41, 5.74) is 1.15. The number of aromatic hydroxyl groups is 1. The third-order valence-corrected chi connectivity index (χ3v) is 5.76. The molecule has 3 aromatic rings. The number of hydrogen-bond acceptors (Lipinski definition) is 7. The van der Waals surface area contributed by atoms with Crippen LogP contribution in [0, 0.1) is 0 Å². The van der Waals surface area contributed by atoms with Crippen LogP contribution >= 0.6 is 0 Å². The van der Waals surface area contributed by atoms with Crippen molar-refractivity contribution in [3.8, 4) is 22.8 Å². The normalized spacial score (nSPS) is 11.5. The van der Waals surface area contributed by atoms with Crippen molar-refractivity contribution in [2.24, 2.45) is 0 Å². The number of fused-ring (bicyclic) bond motifs is 1. The van der Waals surface area contributed by atoms with Crippen molar-refractivity contribution in [2.75, 3.05) is 17.1 Å². The Morgan fingerprint density at radius 3 is 2.67 bits per heavy atom. The molecule has 0 unspecified atom stereocenters. The summed E-state index contributed by atoms with van der Waals surface area (Å²) in [4.78, 5) is 15.7. The molecule has 3 rings (SSSR count). The van der Waals surface area contributed by atoms with E-state index in [1.54, 1.807) is 24.3 Å². The van der Waals surface area contributed by atoms with Gasteiger partial charge < -0.3 is 14.3 Å². The molecule has 2 aromatic heterocycles. The Hall–Kier alpha value is -3.07. The number of sulfonamides is 1. The van der Waals surface area contributed by atoms with E-state index in [9.17, 15) is 18.3 Å². The van der Waals surface area contributed by atoms with Crippen molar-refractivity contribution in [1.29, 1.82) is 0 Å². The molecule has 0 saturated carbocycles. The second-order valence-electron chi connectivity index (χ2n) is 5.75. The largest absolute Gasteiger partial charge is 0.502 e. The topological polar surface area (TPSA) is 110 Å². The zero-order valence-corrected chi connectivity index (χ0v) is 15.8. The Bertz CT molecular complexity index is 1110. The fourth-order valence-electron chi connectivity index (χ4n) is 2.64. The number of carbonyl (C=O) groups excluding carboxylic acids is 1. The van der Waals surface area contributed by atoms with Crippen LogP contribution in [-0.2, 0) is 14.8 Å². The Labute approximate surface area is 156 Å². The molecule has 0 bridgehead atoms. The van der Waals surface area contributed by atoms with Crippen LogP contribution in [0.3, 0.4) is 0 Å². The second kappa shape index (κ2) is 6.92. The number of benzene rings is 1. The molecule has 0 aliphatic heterocycles. The smallest absolute Gasteiger partial charge is 0.308 e. The lowest BCUT2D eigenvalue weighted by atomic mass is 10.1. The quantitative estimate of drug-likeness (QED) is 0.667. The molecule has 1 N–H and O–H groups in total. The number of anilines is 1. The van der Waals surface area contributed by atoms with Crippen LogP contribution in [0.5, 0.6) is 11.5 Å². The summed E-state index contributed by atoms with van der Waals surface area (Å²) < 4.78 is 36.1.